The van der Waals surface area contributed by atoms with E-state index in [2.05, 4.69) is 11.1 Å². The lowest BCUT2D eigenvalue weighted by Crippen LogP contribution is -2.62. The van der Waals surface area contributed by atoms with E-state index in [4.69, 9.17) is 9.47 Å². The molecule has 3 heterocycles. The third-order valence-corrected chi connectivity index (χ3v) is 7.28. The van der Waals surface area contributed by atoms with Crippen molar-refractivity contribution < 1.29 is 19.1 Å². The number of H-pyrrole nitrogens is 1. The molecule has 2 amide bonds. The number of aromatic nitrogens is 1. The van der Waals surface area contributed by atoms with Crippen LogP contribution in [0, 0.1) is 0 Å². The molecule has 0 saturated carbocycles. The molecular formula is C29H27N3O4. The zero-order chi connectivity index (χ0) is 24.8. The normalized spacial score (nSPS) is 19.3. The summed E-state index contributed by atoms with van der Waals surface area (Å²) in [5.41, 5.74) is 4.99. The van der Waals surface area contributed by atoms with Gasteiger partial charge in [0, 0.05) is 29.6 Å². The number of carbonyl (C=O) groups excluding carboxylic acids is 2. The van der Waals surface area contributed by atoms with Crippen LogP contribution in [-0.2, 0) is 22.6 Å². The van der Waals surface area contributed by atoms with Gasteiger partial charge in [0.25, 0.3) is 0 Å². The minimum absolute atomic E-state index is 0.0303. The monoisotopic (exact) mass is 481 g/mol. The van der Waals surface area contributed by atoms with E-state index in [1.54, 1.807) is 24.0 Å². The van der Waals surface area contributed by atoms with Crippen molar-refractivity contribution >= 4 is 22.7 Å². The molecule has 0 spiro atoms. The summed E-state index contributed by atoms with van der Waals surface area (Å²) in [7, 11) is 3.17. The molecule has 0 bridgehead atoms. The Bertz CT molecular complexity index is 1460. The maximum absolute atomic E-state index is 13.9. The van der Waals surface area contributed by atoms with E-state index in [0.717, 1.165) is 33.3 Å². The van der Waals surface area contributed by atoms with Gasteiger partial charge in [-0.2, -0.15) is 0 Å². The molecule has 0 radical (unpaired) electrons. The van der Waals surface area contributed by atoms with Gasteiger partial charge in [-0.3, -0.25) is 9.59 Å². The Morgan fingerprint density at radius 3 is 2.44 bits per heavy atom. The second-order valence-electron chi connectivity index (χ2n) is 9.28. The Balaban J connectivity index is 1.40. The summed E-state index contributed by atoms with van der Waals surface area (Å²) in [5.74, 6) is 1.12. The highest BCUT2D eigenvalue weighted by Crippen LogP contribution is 2.42. The predicted octanol–water partition coefficient (Wildman–Crippen LogP) is 4.07. The van der Waals surface area contributed by atoms with Crippen LogP contribution in [0.5, 0.6) is 11.5 Å². The summed E-state index contributed by atoms with van der Waals surface area (Å²) < 4.78 is 10.8. The van der Waals surface area contributed by atoms with Crippen molar-refractivity contribution in [3.63, 3.8) is 0 Å². The van der Waals surface area contributed by atoms with Crippen molar-refractivity contribution in [3.05, 3.63) is 95.2 Å². The summed E-state index contributed by atoms with van der Waals surface area (Å²) in [6.07, 6.45) is 0.482. The van der Waals surface area contributed by atoms with Gasteiger partial charge in [-0.05, 0) is 34.9 Å². The van der Waals surface area contributed by atoms with E-state index in [9.17, 15) is 9.59 Å². The van der Waals surface area contributed by atoms with Gasteiger partial charge in [0.1, 0.15) is 12.6 Å². The van der Waals surface area contributed by atoms with Crippen LogP contribution in [-0.4, -0.2) is 53.4 Å². The van der Waals surface area contributed by atoms with Gasteiger partial charge in [-0.1, -0.05) is 54.6 Å². The molecule has 7 nitrogen and oxygen atoms in total. The first-order valence-electron chi connectivity index (χ1n) is 12.0. The summed E-state index contributed by atoms with van der Waals surface area (Å²) in [5, 5.41) is 1.10. The quantitative estimate of drug-likeness (QED) is 0.466. The maximum Gasteiger partial charge on any atom is 0.246 e. The fraction of sp³-hybridized carbons (Fsp3) is 0.241. The van der Waals surface area contributed by atoms with Crippen molar-refractivity contribution in [2.24, 2.45) is 0 Å². The van der Waals surface area contributed by atoms with Crippen molar-refractivity contribution in [3.8, 4) is 11.5 Å². The number of nitrogens with zero attached hydrogens (tertiary/aromatic N) is 2. The molecule has 0 aliphatic carbocycles. The van der Waals surface area contributed by atoms with Crippen LogP contribution in [0.15, 0.2) is 72.8 Å². The summed E-state index contributed by atoms with van der Waals surface area (Å²) in [6.45, 7) is 0.356. The van der Waals surface area contributed by atoms with E-state index in [1.807, 2.05) is 66.7 Å². The SMILES string of the molecule is COc1ccc(CN2CC(=O)N3[C@H](c4ccccc4)c4[nH]c5ccccc5c4C[C@H]3C2=O)cc1OC. The smallest absolute Gasteiger partial charge is 0.246 e. The molecule has 0 unspecified atom stereocenters. The molecule has 2 aliphatic rings. The third kappa shape index (κ3) is 3.50. The van der Waals surface area contributed by atoms with Crippen molar-refractivity contribution in [1.82, 2.24) is 14.8 Å². The number of carbonyl (C=O) groups is 2. The van der Waals surface area contributed by atoms with E-state index in [-0.39, 0.29) is 24.4 Å². The zero-order valence-corrected chi connectivity index (χ0v) is 20.2. The van der Waals surface area contributed by atoms with Crippen LogP contribution in [0.3, 0.4) is 0 Å². The molecule has 7 heteroatoms. The Morgan fingerprint density at radius 2 is 1.67 bits per heavy atom. The summed E-state index contributed by atoms with van der Waals surface area (Å²) >= 11 is 0. The van der Waals surface area contributed by atoms with Crippen molar-refractivity contribution in [1.29, 1.82) is 0 Å². The Hall–Kier alpha value is -4.26. The van der Waals surface area contributed by atoms with Crippen LogP contribution in [0.2, 0.25) is 0 Å². The van der Waals surface area contributed by atoms with Gasteiger partial charge >= 0.3 is 0 Å². The molecule has 3 aromatic carbocycles. The number of aromatic amines is 1. The van der Waals surface area contributed by atoms with Gasteiger partial charge in [0.2, 0.25) is 11.8 Å². The topological polar surface area (TPSA) is 74.9 Å². The predicted molar refractivity (Wildman–Crippen MR) is 136 cm³/mol. The van der Waals surface area contributed by atoms with Crippen LogP contribution < -0.4 is 9.47 Å². The number of ether oxygens (including phenoxy) is 2. The zero-order valence-electron chi connectivity index (χ0n) is 20.2. The Morgan fingerprint density at radius 1 is 0.917 bits per heavy atom. The number of rotatable bonds is 5. The molecule has 4 aromatic rings. The molecule has 6 rings (SSSR count). The number of methoxy groups -OCH3 is 2. The third-order valence-electron chi connectivity index (χ3n) is 7.28. The van der Waals surface area contributed by atoms with E-state index in [1.165, 1.54) is 0 Å². The fourth-order valence-corrected chi connectivity index (χ4v) is 5.64. The van der Waals surface area contributed by atoms with Crippen LogP contribution in [0.1, 0.15) is 28.4 Å². The molecule has 182 valence electrons. The minimum Gasteiger partial charge on any atom is -0.493 e. The number of fused-ring (bicyclic) bond motifs is 4. The lowest BCUT2D eigenvalue weighted by atomic mass is 9.86. The number of hydrogen-bond acceptors (Lipinski definition) is 4. The number of nitrogens with one attached hydrogen (secondary N) is 1. The maximum atomic E-state index is 13.9. The number of piperazine rings is 1. The van der Waals surface area contributed by atoms with Gasteiger partial charge in [0.15, 0.2) is 11.5 Å². The van der Waals surface area contributed by atoms with Crippen LogP contribution in [0.4, 0.5) is 0 Å². The molecule has 36 heavy (non-hydrogen) atoms. The Kier molecular flexibility index (Phi) is 5.40. The van der Waals surface area contributed by atoms with Gasteiger partial charge in [-0.25, -0.2) is 0 Å². The van der Waals surface area contributed by atoms with Gasteiger partial charge < -0.3 is 24.3 Å². The fourth-order valence-electron chi connectivity index (χ4n) is 5.64. The lowest BCUT2D eigenvalue weighted by Gasteiger charge is -2.47. The summed E-state index contributed by atoms with van der Waals surface area (Å²) in [4.78, 5) is 34.6. The van der Waals surface area contributed by atoms with E-state index >= 15 is 0 Å². The number of hydrogen-bond donors (Lipinski definition) is 1. The second-order valence-corrected chi connectivity index (χ2v) is 9.28. The van der Waals surface area contributed by atoms with Crippen molar-refractivity contribution in [2.45, 2.75) is 25.0 Å². The minimum atomic E-state index is -0.566. The first kappa shape index (κ1) is 22.2. The highest BCUT2D eigenvalue weighted by atomic mass is 16.5. The number of amides is 2. The average molecular weight is 482 g/mol. The lowest BCUT2D eigenvalue weighted by molar-refractivity contribution is -0.159. The molecule has 2 aliphatic heterocycles. The molecule has 1 fully saturated rings. The standard InChI is InChI=1S/C29H27N3O4/c1-35-24-13-12-18(14-25(24)36-2)16-31-17-26(33)32-23(29(31)34)15-21-20-10-6-7-11-22(20)30-27(21)28(32)19-8-4-3-5-9-19/h3-14,23,28,30H,15-17H2,1-2H3/t23-,28+/m0/s1. The molecule has 1 saturated heterocycles. The first-order valence-corrected chi connectivity index (χ1v) is 12.0. The highest BCUT2D eigenvalue weighted by Gasteiger charge is 2.48. The largest absolute Gasteiger partial charge is 0.493 e. The van der Waals surface area contributed by atoms with Crippen LogP contribution in [0.25, 0.3) is 10.9 Å². The molecule has 2 atom stereocenters. The first-order chi connectivity index (χ1) is 17.6. The van der Waals surface area contributed by atoms with Crippen molar-refractivity contribution in [2.75, 3.05) is 20.8 Å². The van der Waals surface area contributed by atoms with E-state index in [0.29, 0.717) is 24.5 Å². The van der Waals surface area contributed by atoms with Gasteiger partial charge in [-0.15, -0.1) is 0 Å². The summed E-state index contributed by atoms with van der Waals surface area (Å²) in [6, 6.07) is 22.8. The molecule has 1 N–H and O–H groups in total. The average Bonchev–Trinajstić information content (AvgIpc) is 3.29. The second kappa shape index (κ2) is 8.75. The molecular weight excluding hydrogens is 454 g/mol. The number of benzene rings is 3. The van der Waals surface area contributed by atoms with Gasteiger partial charge in [0.05, 0.1) is 20.3 Å². The highest BCUT2D eigenvalue weighted by molar-refractivity contribution is 5.97. The number of para-hydroxylation sites is 1. The van der Waals surface area contributed by atoms with Crippen LogP contribution >= 0.6 is 0 Å². The molecule has 1 aromatic heterocycles. The Labute approximate surface area is 209 Å². The van der Waals surface area contributed by atoms with E-state index < -0.39 is 6.04 Å².